The summed E-state index contributed by atoms with van der Waals surface area (Å²) >= 11 is 3.41. The number of nitrogens with zero attached hydrogens (tertiary/aromatic N) is 1. The monoisotopic (exact) mass is 177 g/mol. The quantitative estimate of drug-likeness (QED) is 0.510. The largest absolute Gasteiger partial charge is 0.483 e. The lowest BCUT2D eigenvalue weighted by molar-refractivity contribution is 0.397. The van der Waals surface area contributed by atoms with Crippen LogP contribution in [0.2, 0.25) is 0 Å². The minimum atomic E-state index is 0.368. The lowest BCUT2D eigenvalue weighted by Gasteiger charge is -2.00. The predicted octanol–water partition coefficient (Wildman–Crippen LogP) is 1.20. The summed E-state index contributed by atoms with van der Waals surface area (Å²) in [6.07, 6.45) is 1.07. The van der Waals surface area contributed by atoms with E-state index < -0.39 is 0 Å². The maximum Gasteiger partial charge on any atom is 0.197 e. The van der Waals surface area contributed by atoms with Crippen LogP contribution >= 0.6 is 15.9 Å². The number of hydrogen-bond acceptors (Lipinski definition) is 2. The zero-order valence-corrected chi connectivity index (χ0v) is 6.31. The molecule has 8 heavy (non-hydrogen) atoms. The Kier molecular flexibility index (Phi) is 1.89. The van der Waals surface area contributed by atoms with Gasteiger partial charge < -0.3 is 4.74 Å². The van der Waals surface area contributed by atoms with Crippen LogP contribution < -0.4 is 0 Å². The molecule has 0 saturated carbocycles. The minimum absolute atomic E-state index is 0.368. The molecular formula is C5H8BrNO. The third-order valence-electron chi connectivity index (χ3n) is 1.13. The van der Waals surface area contributed by atoms with E-state index in [0.717, 1.165) is 18.9 Å². The molecule has 1 atom stereocenters. The Hall–Kier alpha value is -0.0500. The molecule has 0 aromatic heterocycles. The van der Waals surface area contributed by atoms with Gasteiger partial charge in [-0.25, -0.2) is 0 Å². The van der Waals surface area contributed by atoms with Gasteiger partial charge in [-0.2, -0.15) is 0 Å². The molecular weight excluding hydrogens is 170 g/mol. The highest BCUT2D eigenvalue weighted by molar-refractivity contribution is 9.10. The van der Waals surface area contributed by atoms with Crippen LogP contribution in [0.15, 0.2) is 4.99 Å². The van der Waals surface area contributed by atoms with Gasteiger partial charge in [0.25, 0.3) is 0 Å². The van der Waals surface area contributed by atoms with Crippen molar-refractivity contribution in [3.05, 3.63) is 0 Å². The van der Waals surface area contributed by atoms with Gasteiger partial charge in [0.1, 0.15) is 0 Å². The molecule has 1 aliphatic rings. The maximum absolute atomic E-state index is 4.93. The van der Waals surface area contributed by atoms with Crippen LogP contribution in [0.3, 0.4) is 0 Å². The van der Waals surface area contributed by atoms with Crippen molar-refractivity contribution in [3.63, 3.8) is 0 Å². The van der Waals surface area contributed by atoms with E-state index in [-0.39, 0.29) is 0 Å². The molecule has 1 heterocycles. The number of alkyl halides is 1. The molecule has 0 fully saturated rings. The summed E-state index contributed by atoms with van der Waals surface area (Å²) in [5, 5.41) is 0. The molecule has 1 rings (SSSR count). The highest BCUT2D eigenvalue weighted by atomic mass is 79.9. The first-order valence-corrected chi connectivity index (χ1v) is 3.48. The van der Waals surface area contributed by atoms with Crippen LogP contribution in [0.1, 0.15) is 6.42 Å². The van der Waals surface area contributed by atoms with Gasteiger partial charge in [0.15, 0.2) is 5.90 Å². The molecule has 0 amide bonds. The Morgan fingerprint density at radius 1 is 1.88 bits per heavy atom. The summed E-state index contributed by atoms with van der Waals surface area (Å²) in [5.74, 6) is 0.838. The second-order valence-electron chi connectivity index (χ2n) is 1.68. The van der Waals surface area contributed by atoms with Crippen LogP contribution in [0, 0.1) is 0 Å². The van der Waals surface area contributed by atoms with Crippen molar-refractivity contribution in [2.24, 2.45) is 4.99 Å². The topological polar surface area (TPSA) is 21.6 Å². The van der Waals surface area contributed by atoms with E-state index in [1.807, 2.05) is 0 Å². The van der Waals surface area contributed by atoms with Crippen molar-refractivity contribution in [1.82, 2.24) is 0 Å². The molecule has 2 nitrogen and oxygen atoms in total. The number of ether oxygens (including phenoxy) is 1. The smallest absolute Gasteiger partial charge is 0.197 e. The molecule has 0 spiro atoms. The number of aliphatic imine (C=N–C) groups is 1. The molecule has 0 aromatic rings. The highest BCUT2D eigenvalue weighted by Crippen LogP contribution is 2.14. The fourth-order valence-corrected chi connectivity index (χ4v) is 1.24. The highest BCUT2D eigenvalue weighted by Gasteiger charge is 2.17. The van der Waals surface area contributed by atoms with Crippen molar-refractivity contribution in [1.29, 1.82) is 0 Å². The number of methoxy groups -OCH3 is 1. The average molecular weight is 178 g/mol. The first kappa shape index (κ1) is 6.08. The van der Waals surface area contributed by atoms with Crippen LogP contribution in [0.5, 0.6) is 0 Å². The Morgan fingerprint density at radius 3 is 2.88 bits per heavy atom. The van der Waals surface area contributed by atoms with E-state index in [0.29, 0.717) is 4.83 Å². The zero-order chi connectivity index (χ0) is 5.98. The first-order valence-electron chi connectivity index (χ1n) is 2.57. The number of rotatable bonds is 0. The van der Waals surface area contributed by atoms with E-state index in [4.69, 9.17) is 4.74 Å². The lowest BCUT2D eigenvalue weighted by Crippen LogP contribution is -2.09. The molecule has 0 bridgehead atoms. The fourth-order valence-electron chi connectivity index (χ4n) is 0.703. The normalized spacial score (nSPS) is 27.8. The lowest BCUT2D eigenvalue weighted by atomic mass is 10.4. The SMILES string of the molecule is COC1=NCC[C@H]1Br. The standard InChI is InChI=1S/C5H8BrNO/c1-8-5-4(6)2-3-7-5/h4H,2-3H2,1H3/t4-/m1/s1. The Balaban J connectivity index is 2.49. The van der Waals surface area contributed by atoms with Crippen LogP contribution in [-0.4, -0.2) is 24.4 Å². The molecule has 0 aliphatic carbocycles. The van der Waals surface area contributed by atoms with E-state index in [1.54, 1.807) is 7.11 Å². The van der Waals surface area contributed by atoms with Crippen LogP contribution in [-0.2, 0) is 4.74 Å². The molecule has 0 saturated heterocycles. The molecule has 0 radical (unpaired) electrons. The van der Waals surface area contributed by atoms with Crippen molar-refractivity contribution in [2.45, 2.75) is 11.2 Å². The molecule has 1 aliphatic heterocycles. The Morgan fingerprint density at radius 2 is 2.62 bits per heavy atom. The van der Waals surface area contributed by atoms with Crippen LogP contribution in [0.25, 0.3) is 0 Å². The van der Waals surface area contributed by atoms with Gasteiger partial charge in [-0.1, -0.05) is 15.9 Å². The van der Waals surface area contributed by atoms with Gasteiger partial charge in [0.2, 0.25) is 0 Å². The maximum atomic E-state index is 4.93. The van der Waals surface area contributed by atoms with Crippen molar-refractivity contribution < 1.29 is 4.74 Å². The van der Waals surface area contributed by atoms with E-state index in [2.05, 4.69) is 20.9 Å². The van der Waals surface area contributed by atoms with Crippen LogP contribution in [0.4, 0.5) is 0 Å². The molecule has 3 heteroatoms. The number of halogens is 1. The molecule has 0 unspecified atom stereocenters. The first-order chi connectivity index (χ1) is 3.84. The Labute approximate surface area is 57.1 Å². The predicted molar refractivity (Wildman–Crippen MR) is 36.6 cm³/mol. The van der Waals surface area contributed by atoms with Crippen molar-refractivity contribution >= 4 is 21.8 Å². The van der Waals surface area contributed by atoms with Crippen molar-refractivity contribution in [2.75, 3.05) is 13.7 Å². The van der Waals surface area contributed by atoms with Gasteiger partial charge in [0, 0.05) is 6.54 Å². The third-order valence-corrected chi connectivity index (χ3v) is 1.98. The molecule has 0 N–H and O–H groups in total. The van der Waals surface area contributed by atoms with Gasteiger partial charge >= 0.3 is 0 Å². The Bertz CT molecular complexity index is 113. The van der Waals surface area contributed by atoms with E-state index in [9.17, 15) is 0 Å². The fraction of sp³-hybridized carbons (Fsp3) is 0.800. The van der Waals surface area contributed by atoms with Gasteiger partial charge in [-0.15, -0.1) is 0 Å². The average Bonchev–Trinajstić information content (AvgIpc) is 2.14. The molecule has 46 valence electrons. The zero-order valence-electron chi connectivity index (χ0n) is 4.72. The summed E-state index contributed by atoms with van der Waals surface area (Å²) < 4.78 is 4.93. The summed E-state index contributed by atoms with van der Waals surface area (Å²) in [7, 11) is 1.65. The number of hydrogen-bond donors (Lipinski definition) is 0. The summed E-state index contributed by atoms with van der Waals surface area (Å²) in [5.41, 5.74) is 0. The summed E-state index contributed by atoms with van der Waals surface area (Å²) in [6.45, 7) is 0.902. The third kappa shape index (κ3) is 1.02. The van der Waals surface area contributed by atoms with Gasteiger partial charge in [0.05, 0.1) is 11.9 Å². The van der Waals surface area contributed by atoms with Crippen molar-refractivity contribution in [3.8, 4) is 0 Å². The van der Waals surface area contributed by atoms with Gasteiger partial charge in [-0.3, -0.25) is 4.99 Å². The summed E-state index contributed by atoms with van der Waals surface area (Å²) in [4.78, 5) is 4.45. The van der Waals surface area contributed by atoms with E-state index >= 15 is 0 Å². The second kappa shape index (κ2) is 2.49. The summed E-state index contributed by atoms with van der Waals surface area (Å²) in [6, 6.07) is 0. The molecule has 0 aromatic carbocycles. The van der Waals surface area contributed by atoms with Gasteiger partial charge in [-0.05, 0) is 6.42 Å². The minimum Gasteiger partial charge on any atom is -0.483 e. The second-order valence-corrected chi connectivity index (χ2v) is 2.79. The van der Waals surface area contributed by atoms with E-state index in [1.165, 1.54) is 0 Å².